The highest BCUT2D eigenvalue weighted by Crippen LogP contribution is 2.20. The fourth-order valence-electron chi connectivity index (χ4n) is 2.69. The third-order valence-corrected chi connectivity index (χ3v) is 5.35. The van der Waals surface area contributed by atoms with Gasteiger partial charge in [0.1, 0.15) is 5.82 Å². The lowest BCUT2D eigenvalue weighted by Gasteiger charge is -2.33. The van der Waals surface area contributed by atoms with Gasteiger partial charge in [0.2, 0.25) is 0 Å². The van der Waals surface area contributed by atoms with Crippen molar-refractivity contribution in [3.63, 3.8) is 0 Å². The van der Waals surface area contributed by atoms with Crippen LogP contribution in [0.25, 0.3) is 0 Å². The van der Waals surface area contributed by atoms with Crippen molar-refractivity contribution in [2.45, 2.75) is 13.1 Å². The van der Waals surface area contributed by atoms with Crippen molar-refractivity contribution in [1.29, 1.82) is 0 Å². The summed E-state index contributed by atoms with van der Waals surface area (Å²) >= 11 is 1.73. The zero-order chi connectivity index (χ0) is 16.9. The van der Waals surface area contributed by atoms with Gasteiger partial charge in [0.15, 0.2) is 5.13 Å². The van der Waals surface area contributed by atoms with Crippen LogP contribution in [0.1, 0.15) is 10.4 Å². The molecule has 0 saturated carbocycles. The van der Waals surface area contributed by atoms with Crippen molar-refractivity contribution >= 4 is 34.7 Å². The summed E-state index contributed by atoms with van der Waals surface area (Å²) in [6.07, 6.45) is 3.87. The Hall–Kier alpha value is -1.41. The van der Waals surface area contributed by atoms with E-state index in [0.29, 0.717) is 0 Å². The van der Waals surface area contributed by atoms with E-state index >= 15 is 0 Å². The second-order valence-corrected chi connectivity index (χ2v) is 7.51. The Balaban J connectivity index is 0.00000225. The molecule has 2 aromatic rings. The number of nitrogens with zero attached hydrogens (tertiary/aromatic N) is 5. The second-order valence-electron chi connectivity index (χ2n) is 6.42. The van der Waals surface area contributed by atoms with Crippen LogP contribution in [0.3, 0.4) is 0 Å². The minimum Gasteiger partial charge on any atom is -0.354 e. The molecule has 3 heterocycles. The van der Waals surface area contributed by atoms with Crippen molar-refractivity contribution < 1.29 is 0 Å². The lowest BCUT2D eigenvalue weighted by molar-refractivity contribution is 0.312. The van der Waals surface area contributed by atoms with E-state index in [2.05, 4.69) is 44.3 Å². The van der Waals surface area contributed by atoms with Gasteiger partial charge >= 0.3 is 0 Å². The third kappa shape index (κ3) is 5.54. The average Bonchev–Trinajstić information content (AvgIpc) is 3.05. The normalized spacial score (nSPS) is 15.1. The van der Waals surface area contributed by atoms with Crippen LogP contribution >= 0.6 is 23.7 Å². The zero-order valence-electron chi connectivity index (χ0n) is 15.1. The molecule has 8 heteroatoms. The fraction of sp³-hybridized carbons (Fsp3) is 0.529. The first-order valence-electron chi connectivity index (χ1n) is 8.33. The van der Waals surface area contributed by atoms with Crippen molar-refractivity contribution in [1.82, 2.24) is 20.2 Å². The number of piperazine rings is 1. The van der Waals surface area contributed by atoms with E-state index in [4.69, 9.17) is 0 Å². The molecule has 1 aliphatic rings. The van der Waals surface area contributed by atoms with Gasteiger partial charge in [-0.2, -0.15) is 0 Å². The Morgan fingerprint density at radius 2 is 1.92 bits per heavy atom. The van der Waals surface area contributed by atoms with Crippen molar-refractivity contribution in [2.75, 3.05) is 57.1 Å². The summed E-state index contributed by atoms with van der Waals surface area (Å²) in [7, 11) is 6.21. The van der Waals surface area contributed by atoms with Gasteiger partial charge in [0, 0.05) is 70.6 Å². The quantitative estimate of drug-likeness (QED) is 0.825. The first-order valence-corrected chi connectivity index (χ1v) is 9.14. The van der Waals surface area contributed by atoms with E-state index in [1.165, 1.54) is 10.4 Å². The van der Waals surface area contributed by atoms with Crippen LogP contribution in [0, 0.1) is 0 Å². The molecule has 0 aromatic carbocycles. The number of rotatable bonds is 6. The number of aromatic nitrogens is 2. The van der Waals surface area contributed by atoms with E-state index in [0.717, 1.165) is 50.2 Å². The molecule has 1 saturated heterocycles. The SMILES string of the molecule is CN1CCN(c2cc(CNCc3cnc(N(C)C)s3)ccn2)CC1.Cl. The van der Waals surface area contributed by atoms with Gasteiger partial charge < -0.3 is 20.0 Å². The van der Waals surface area contributed by atoms with E-state index < -0.39 is 0 Å². The summed E-state index contributed by atoms with van der Waals surface area (Å²) in [4.78, 5) is 17.0. The molecule has 25 heavy (non-hydrogen) atoms. The highest BCUT2D eigenvalue weighted by molar-refractivity contribution is 7.15. The maximum atomic E-state index is 4.54. The Morgan fingerprint density at radius 3 is 2.60 bits per heavy atom. The van der Waals surface area contributed by atoms with Crippen molar-refractivity contribution in [3.8, 4) is 0 Å². The van der Waals surface area contributed by atoms with Crippen LogP contribution in [-0.4, -0.2) is 62.2 Å². The molecule has 3 rings (SSSR count). The van der Waals surface area contributed by atoms with Gasteiger partial charge in [-0.15, -0.1) is 23.7 Å². The van der Waals surface area contributed by atoms with Crippen molar-refractivity contribution in [3.05, 3.63) is 35.0 Å². The van der Waals surface area contributed by atoms with Gasteiger partial charge in [-0.25, -0.2) is 9.97 Å². The van der Waals surface area contributed by atoms with Crippen LogP contribution in [-0.2, 0) is 13.1 Å². The van der Waals surface area contributed by atoms with Crippen LogP contribution < -0.4 is 15.1 Å². The maximum absolute atomic E-state index is 4.54. The van der Waals surface area contributed by atoms with Crippen LogP contribution in [0.15, 0.2) is 24.5 Å². The number of hydrogen-bond acceptors (Lipinski definition) is 7. The third-order valence-electron chi connectivity index (χ3n) is 4.19. The molecule has 2 aromatic heterocycles. The summed E-state index contributed by atoms with van der Waals surface area (Å²) in [6, 6.07) is 4.29. The molecule has 0 atom stereocenters. The van der Waals surface area contributed by atoms with E-state index in [1.807, 2.05) is 31.4 Å². The van der Waals surface area contributed by atoms with Gasteiger partial charge in [0.25, 0.3) is 0 Å². The summed E-state index contributed by atoms with van der Waals surface area (Å²) in [5.74, 6) is 1.09. The van der Waals surface area contributed by atoms with Crippen LogP contribution in [0.2, 0.25) is 0 Å². The largest absolute Gasteiger partial charge is 0.354 e. The Kier molecular flexibility index (Phi) is 7.43. The minimum absolute atomic E-state index is 0. The summed E-state index contributed by atoms with van der Waals surface area (Å²) < 4.78 is 0. The predicted molar refractivity (Wildman–Crippen MR) is 108 cm³/mol. The predicted octanol–water partition coefficient (Wildman–Crippen LogP) is 2.07. The number of hydrogen-bond donors (Lipinski definition) is 1. The number of halogens is 1. The summed E-state index contributed by atoms with van der Waals surface area (Å²) in [5, 5.41) is 4.55. The maximum Gasteiger partial charge on any atom is 0.185 e. The Labute approximate surface area is 160 Å². The highest BCUT2D eigenvalue weighted by Gasteiger charge is 2.15. The molecule has 0 unspecified atom stereocenters. The van der Waals surface area contributed by atoms with Crippen LogP contribution in [0.4, 0.5) is 10.9 Å². The molecule has 0 bridgehead atoms. The molecule has 138 valence electrons. The molecular formula is C17H27ClN6S. The van der Waals surface area contributed by atoms with Crippen LogP contribution in [0.5, 0.6) is 0 Å². The molecule has 0 spiro atoms. The molecule has 0 radical (unpaired) electrons. The number of nitrogens with one attached hydrogen (secondary N) is 1. The summed E-state index contributed by atoms with van der Waals surface area (Å²) in [5.41, 5.74) is 1.27. The van der Waals surface area contributed by atoms with Gasteiger partial charge in [0.05, 0.1) is 0 Å². The van der Waals surface area contributed by atoms with E-state index in [1.54, 1.807) is 11.3 Å². The zero-order valence-corrected chi connectivity index (χ0v) is 16.7. The molecule has 6 nitrogen and oxygen atoms in total. The standard InChI is InChI=1S/C17H26N6S.ClH/c1-21(2)17-20-13-15(24-17)12-18-11-14-4-5-19-16(10-14)23-8-6-22(3)7-9-23;/h4-5,10,13,18H,6-9,11-12H2,1-3H3;1H. The van der Waals surface area contributed by atoms with Gasteiger partial charge in [-0.1, -0.05) is 0 Å². The average molecular weight is 383 g/mol. The molecule has 1 fully saturated rings. The number of likely N-dealkylation sites (N-methyl/N-ethyl adjacent to an activating group) is 1. The minimum atomic E-state index is 0. The smallest absolute Gasteiger partial charge is 0.185 e. The monoisotopic (exact) mass is 382 g/mol. The van der Waals surface area contributed by atoms with Gasteiger partial charge in [-0.3, -0.25) is 0 Å². The first kappa shape index (κ1) is 19.9. The fourth-order valence-corrected chi connectivity index (χ4v) is 3.50. The lowest BCUT2D eigenvalue weighted by atomic mass is 10.2. The first-order chi connectivity index (χ1) is 11.6. The lowest BCUT2D eigenvalue weighted by Crippen LogP contribution is -2.44. The second kappa shape index (κ2) is 9.33. The molecular weight excluding hydrogens is 356 g/mol. The number of thiazole rings is 1. The van der Waals surface area contributed by atoms with E-state index in [-0.39, 0.29) is 12.4 Å². The topological polar surface area (TPSA) is 47.5 Å². The summed E-state index contributed by atoms with van der Waals surface area (Å²) in [6.45, 7) is 5.99. The number of anilines is 2. The molecule has 1 aliphatic heterocycles. The van der Waals surface area contributed by atoms with E-state index in [9.17, 15) is 0 Å². The Morgan fingerprint density at radius 1 is 1.16 bits per heavy atom. The van der Waals surface area contributed by atoms with Gasteiger partial charge in [-0.05, 0) is 24.7 Å². The highest BCUT2D eigenvalue weighted by atomic mass is 35.5. The van der Waals surface area contributed by atoms with Crippen molar-refractivity contribution in [2.24, 2.45) is 0 Å². The Bertz CT molecular complexity index is 654. The molecule has 0 amide bonds. The number of pyridine rings is 1. The molecule has 1 N–H and O–H groups in total. The molecule has 0 aliphatic carbocycles.